The molecule has 1 aromatic rings. The molecule has 0 aliphatic carbocycles. The Hall–Kier alpha value is -1.11. The zero-order chi connectivity index (χ0) is 17.6. The van der Waals surface area contributed by atoms with Crippen LogP contribution in [0.1, 0.15) is 32.6 Å². The summed E-state index contributed by atoms with van der Waals surface area (Å²) in [4.78, 5) is 14.6. The Balaban J connectivity index is 1.78. The molecule has 1 amide bonds. The Labute approximate surface area is 149 Å². The zero-order valence-electron chi connectivity index (χ0n) is 14.0. The highest BCUT2D eigenvalue weighted by Gasteiger charge is 2.21. The van der Waals surface area contributed by atoms with Crippen LogP contribution in [-0.4, -0.2) is 50.7 Å². The average molecular weight is 373 g/mol. The molecule has 5 nitrogen and oxygen atoms in total. The fourth-order valence-corrected chi connectivity index (χ4v) is 4.27. The van der Waals surface area contributed by atoms with E-state index in [0.29, 0.717) is 5.02 Å². The van der Waals surface area contributed by atoms with Gasteiger partial charge in [0.05, 0.1) is 10.6 Å². The molecule has 0 saturated carbocycles. The summed E-state index contributed by atoms with van der Waals surface area (Å²) in [6.07, 6.45) is 2.98. The second-order valence-corrected chi connectivity index (χ2v) is 8.75. The summed E-state index contributed by atoms with van der Waals surface area (Å²) < 4.78 is 24.5. The molecule has 2 rings (SSSR count). The number of hydrogen-bond donors (Lipinski definition) is 1. The predicted octanol–water partition coefficient (Wildman–Crippen LogP) is 2.49. The van der Waals surface area contributed by atoms with Crippen molar-refractivity contribution in [1.82, 2.24) is 10.2 Å². The van der Waals surface area contributed by atoms with Crippen molar-refractivity contribution in [2.45, 2.75) is 43.5 Å². The zero-order valence-corrected chi connectivity index (χ0v) is 15.6. The van der Waals surface area contributed by atoms with Crippen molar-refractivity contribution < 1.29 is 13.2 Å². The Morgan fingerprint density at radius 1 is 1.25 bits per heavy atom. The first-order chi connectivity index (χ1) is 11.4. The lowest BCUT2D eigenvalue weighted by Crippen LogP contribution is -2.45. The number of carbonyl (C=O) groups is 1. The Morgan fingerprint density at radius 3 is 2.46 bits per heavy atom. The molecule has 0 unspecified atom stereocenters. The molecule has 1 saturated heterocycles. The van der Waals surface area contributed by atoms with Crippen molar-refractivity contribution in [2.24, 2.45) is 0 Å². The minimum atomic E-state index is -3.46. The van der Waals surface area contributed by atoms with E-state index in [1.165, 1.54) is 12.1 Å². The number of likely N-dealkylation sites (tertiary alicyclic amines) is 1. The molecule has 0 atom stereocenters. The van der Waals surface area contributed by atoms with E-state index >= 15 is 0 Å². The summed E-state index contributed by atoms with van der Waals surface area (Å²) >= 11 is 5.77. The molecule has 24 heavy (non-hydrogen) atoms. The van der Waals surface area contributed by atoms with Crippen LogP contribution in [-0.2, 0) is 14.6 Å². The molecule has 1 aliphatic heterocycles. The second-order valence-electron chi connectivity index (χ2n) is 6.21. The molecule has 1 aromatic carbocycles. The molecule has 0 radical (unpaired) electrons. The molecule has 7 heteroatoms. The maximum atomic E-state index is 12.2. The van der Waals surface area contributed by atoms with Crippen LogP contribution in [0.25, 0.3) is 0 Å². The van der Waals surface area contributed by atoms with E-state index in [9.17, 15) is 13.2 Å². The van der Waals surface area contributed by atoms with Crippen molar-refractivity contribution in [3.63, 3.8) is 0 Å². The number of nitrogens with one attached hydrogen (secondary N) is 1. The molecule has 0 aromatic heterocycles. The lowest BCUT2D eigenvalue weighted by molar-refractivity contribution is -0.121. The molecule has 0 bridgehead atoms. The maximum Gasteiger partial charge on any atom is 0.221 e. The second kappa shape index (κ2) is 8.83. The van der Waals surface area contributed by atoms with Gasteiger partial charge in [0.1, 0.15) is 0 Å². The van der Waals surface area contributed by atoms with Gasteiger partial charge in [-0.3, -0.25) is 4.79 Å². The van der Waals surface area contributed by atoms with Crippen LogP contribution in [0.15, 0.2) is 29.2 Å². The third-order valence-electron chi connectivity index (χ3n) is 4.26. The average Bonchev–Trinajstić information content (AvgIpc) is 2.56. The van der Waals surface area contributed by atoms with Gasteiger partial charge in [0, 0.05) is 30.6 Å². The van der Waals surface area contributed by atoms with Crippen LogP contribution in [0.2, 0.25) is 5.02 Å². The van der Waals surface area contributed by atoms with Gasteiger partial charge in [0.15, 0.2) is 9.84 Å². The van der Waals surface area contributed by atoms with Gasteiger partial charge in [-0.05, 0) is 50.1 Å². The van der Waals surface area contributed by atoms with E-state index in [1.54, 1.807) is 12.1 Å². The molecule has 134 valence electrons. The first-order valence-electron chi connectivity index (χ1n) is 8.41. The smallest absolute Gasteiger partial charge is 0.221 e. The number of nitrogens with zero attached hydrogens (tertiary/aromatic N) is 1. The lowest BCUT2D eigenvalue weighted by Gasteiger charge is -2.32. The number of hydrogen-bond acceptors (Lipinski definition) is 4. The number of halogens is 1. The number of amides is 1. The Bertz CT molecular complexity index is 638. The largest absolute Gasteiger partial charge is 0.353 e. The molecular weight excluding hydrogens is 348 g/mol. The standard InChI is InChI=1S/C17H25ClN2O3S/c1-2-10-20-11-7-15(8-12-20)19-17(21)9-13-24(22,23)16-5-3-14(18)4-6-16/h3-6,15H,2,7-13H2,1H3,(H,19,21). The molecule has 1 N–H and O–H groups in total. The number of benzene rings is 1. The summed E-state index contributed by atoms with van der Waals surface area (Å²) in [5, 5.41) is 3.45. The first-order valence-corrected chi connectivity index (χ1v) is 10.4. The third-order valence-corrected chi connectivity index (χ3v) is 6.25. The Kier molecular flexibility index (Phi) is 7.07. The van der Waals surface area contributed by atoms with Crippen LogP contribution < -0.4 is 5.32 Å². The molecule has 1 heterocycles. The van der Waals surface area contributed by atoms with Crippen LogP contribution in [0.3, 0.4) is 0 Å². The van der Waals surface area contributed by atoms with Crippen LogP contribution in [0.4, 0.5) is 0 Å². The quantitative estimate of drug-likeness (QED) is 0.798. The van der Waals surface area contributed by atoms with E-state index in [0.717, 1.165) is 38.9 Å². The van der Waals surface area contributed by atoms with Crippen molar-refractivity contribution in [1.29, 1.82) is 0 Å². The number of piperidine rings is 1. The van der Waals surface area contributed by atoms with E-state index in [2.05, 4.69) is 17.1 Å². The predicted molar refractivity (Wildman–Crippen MR) is 96.0 cm³/mol. The highest BCUT2D eigenvalue weighted by Crippen LogP contribution is 2.16. The summed E-state index contributed by atoms with van der Waals surface area (Å²) in [6.45, 7) is 5.23. The lowest BCUT2D eigenvalue weighted by atomic mass is 10.0. The third kappa shape index (κ3) is 5.76. The topological polar surface area (TPSA) is 66.5 Å². The molecular formula is C17H25ClN2O3S. The van der Waals surface area contributed by atoms with Crippen LogP contribution >= 0.6 is 11.6 Å². The van der Waals surface area contributed by atoms with Gasteiger partial charge in [-0.1, -0.05) is 18.5 Å². The summed E-state index contributed by atoms with van der Waals surface area (Å²) in [5.74, 6) is -0.378. The Morgan fingerprint density at radius 2 is 1.88 bits per heavy atom. The number of sulfone groups is 1. The molecule has 1 aliphatic rings. The summed E-state index contributed by atoms with van der Waals surface area (Å²) in [5.41, 5.74) is 0. The SMILES string of the molecule is CCCN1CCC(NC(=O)CCS(=O)(=O)c2ccc(Cl)cc2)CC1. The molecule has 0 spiro atoms. The van der Waals surface area contributed by atoms with Gasteiger partial charge in [0.2, 0.25) is 5.91 Å². The number of carbonyl (C=O) groups excluding carboxylic acids is 1. The van der Waals surface area contributed by atoms with Crippen molar-refractivity contribution in [3.8, 4) is 0 Å². The van der Waals surface area contributed by atoms with E-state index < -0.39 is 9.84 Å². The van der Waals surface area contributed by atoms with Gasteiger partial charge in [0.25, 0.3) is 0 Å². The van der Waals surface area contributed by atoms with Crippen molar-refractivity contribution in [3.05, 3.63) is 29.3 Å². The number of rotatable bonds is 7. The van der Waals surface area contributed by atoms with Crippen molar-refractivity contribution >= 4 is 27.3 Å². The van der Waals surface area contributed by atoms with Gasteiger partial charge < -0.3 is 10.2 Å². The van der Waals surface area contributed by atoms with Gasteiger partial charge >= 0.3 is 0 Å². The van der Waals surface area contributed by atoms with Gasteiger partial charge in [-0.15, -0.1) is 0 Å². The normalized spacial score (nSPS) is 16.9. The fraction of sp³-hybridized carbons (Fsp3) is 0.588. The minimum absolute atomic E-state index is 0.0138. The maximum absolute atomic E-state index is 12.2. The van der Waals surface area contributed by atoms with Crippen LogP contribution in [0, 0.1) is 0 Å². The first kappa shape index (κ1) is 19.2. The van der Waals surface area contributed by atoms with Crippen molar-refractivity contribution in [2.75, 3.05) is 25.4 Å². The van der Waals surface area contributed by atoms with E-state index in [1.807, 2.05) is 0 Å². The highest BCUT2D eigenvalue weighted by atomic mass is 35.5. The fourth-order valence-electron chi connectivity index (χ4n) is 2.90. The van der Waals surface area contributed by atoms with Gasteiger partial charge in [-0.25, -0.2) is 8.42 Å². The summed E-state index contributed by atoms with van der Waals surface area (Å²) in [6, 6.07) is 6.18. The molecule has 1 fully saturated rings. The highest BCUT2D eigenvalue weighted by molar-refractivity contribution is 7.91. The van der Waals surface area contributed by atoms with Crippen LogP contribution in [0.5, 0.6) is 0 Å². The summed E-state index contributed by atoms with van der Waals surface area (Å²) in [7, 11) is -3.46. The van der Waals surface area contributed by atoms with Gasteiger partial charge in [-0.2, -0.15) is 0 Å². The monoisotopic (exact) mass is 372 g/mol. The minimum Gasteiger partial charge on any atom is -0.353 e. The van der Waals surface area contributed by atoms with E-state index in [-0.39, 0.29) is 29.0 Å². The van der Waals surface area contributed by atoms with E-state index in [4.69, 9.17) is 11.6 Å².